The summed E-state index contributed by atoms with van der Waals surface area (Å²) in [7, 11) is 0. The lowest BCUT2D eigenvalue weighted by Crippen LogP contribution is -2.08. The molecule has 0 aliphatic heterocycles. The second kappa shape index (κ2) is 9.57. The van der Waals surface area contributed by atoms with Crippen LogP contribution in [0.2, 0.25) is 0 Å². The number of carbonyl (C=O) groups is 2. The average molecular weight is 410 g/mol. The number of hydrogen-bond donors (Lipinski definition) is 1. The van der Waals surface area contributed by atoms with Gasteiger partial charge in [0.05, 0.1) is 22.9 Å². The van der Waals surface area contributed by atoms with Crippen LogP contribution >= 0.6 is 0 Å². The zero-order valence-electron chi connectivity index (χ0n) is 17.3. The van der Waals surface area contributed by atoms with Gasteiger partial charge in [0.2, 0.25) is 5.43 Å². The molecule has 1 heterocycles. The van der Waals surface area contributed by atoms with E-state index in [1.807, 2.05) is 0 Å². The number of ketones is 1. The maximum atomic E-state index is 13.0. The van der Waals surface area contributed by atoms with Crippen molar-refractivity contribution >= 4 is 33.7 Å². The second-order valence-electron chi connectivity index (χ2n) is 7.47. The quantitative estimate of drug-likeness (QED) is 0.266. The van der Waals surface area contributed by atoms with Gasteiger partial charge in [-0.25, -0.2) is 4.79 Å². The fourth-order valence-corrected chi connectivity index (χ4v) is 3.44. The van der Waals surface area contributed by atoms with E-state index in [2.05, 4.69) is 6.92 Å². The van der Waals surface area contributed by atoms with Gasteiger partial charge in [-0.15, -0.1) is 0 Å². The largest absolute Gasteiger partial charge is 0.490 e. The van der Waals surface area contributed by atoms with Crippen LogP contribution in [0.3, 0.4) is 0 Å². The molecule has 158 valence electrons. The minimum absolute atomic E-state index is 0.00332. The molecular weight excluding hydrogens is 384 g/mol. The first-order valence-corrected chi connectivity index (χ1v) is 10.3. The molecule has 1 N–H and O–H groups in total. The molecule has 30 heavy (non-hydrogen) atoms. The van der Waals surface area contributed by atoms with Crippen molar-refractivity contribution in [3.63, 3.8) is 0 Å². The van der Waals surface area contributed by atoms with Crippen molar-refractivity contribution < 1.29 is 23.8 Å². The summed E-state index contributed by atoms with van der Waals surface area (Å²) in [6.07, 6.45) is 6.70. The smallest absolute Gasteiger partial charge is 0.335 e. The number of carboxylic acid groups (broad SMARTS) is 1. The molecule has 1 aromatic heterocycles. The van der Waals surface area contributed by atoms with E-state index < -0.39 is 5.97 Å². The molecule has 0 amide bonds. The first kappa shape index (κ1) is 21.6. The molecule has 0 atom stereocenters. The van der Waals surface area contributed by atoms with Crippen molar-refractivity contribution in [2.75, 3.05) is 6.61 Å². The van der Waals surface area contributed by atoms with Gasteiger partial charge in [0, 0.05) is 5.56 Å². The number of aromatic carboxylic acids is 1. The van der Waals surface area contributed by atoms with Crippen LogP contribution in [0.5, 0.6) is 5.75 Å². The summed E-state index contributed by atoms with van der Waals surface area (Å²) in [5.74, 6) is -0.968. The van der Waals surface area contributed by atoms with E-state index in [4.69, 9.17) is 9.15 Å². The Morgan fingerprint density at radius 2 is 1.67 bits per heavy atom. The summed E-state index contributed by atoms with van der Waals surface area (Å²) in [4.78, 5) is 36.3. The molecule has 0 saturated carbocycles. The predicted octanol–water partition coefficient (Wildman–Crippen LogP) is 5.59. The topological polar surface area (TPSA) is 93.8 Å². The number of hydrogen-bond acceptors (Lipinski definition) is 5. The number of carboxylic acids is 1. The van der Waals surface area contributed by atoms with Crippen molar-refractivity contribution in [3.8, 4) is 5.75 Å². The molecule has 0 aliphatic rings. The van der Waals surface area contributed by atoms with Gasteiger partial charge in [-0.3, -0.25) is 9.59 Å². The highest BCUT2D eigenvalue weighted by Crippen LogP contribution is 2.30. The predicted molar refractivity (Wildman–Crippen MR) is 116 cm³/mol. The molecule has 6 heteroatoms. The number of benzene rings is 2. The van der Waals surface area contributed by atoms with E-state index in [0.29, 0.717) is 17.9 Å². The fourth-order valence-electron chi connectivity index (χ4n) is 3.44. The van der Waals surface area contributed by atoms with Crippen molar-refractivity contribution in [2.45, 2.75) is 52.4 Å². The van der Waals surface area contributed by atoms with E-state index in [9.17, 15) is 19.5 Å². The van der Waals surface area contributed by atoms with Gasteiger partial charge < -0.3 is 14.3 Å². The molecule has 0 spiro atoms. The average Bonchev–Trinajstić information content (AvgIpc) is 2.73. The summed E-state index contributed by atoms with van der Waals surface area (Å²) in [6.45, 7) is 4.06. The Labute approximate surface area is 174 Å². The van der Waals surface area contributed by atoms with E-state index in [1.165, 1.54) is 50.5 Å². The minimum atomic E-state index is -1.13. The number of unbranched alkanes of at least 4 members (excludes halogenated alkanes) is 5. The lowest BCUT2D eigenvalue weighted by atomic mass is 10.0. The summed E-state index contributed by atoms with van der Waals surface area (Å²) in [5, 5.41) is 9.56. The lowest BCUT2D eigenvalue weighted by Gasteiger charge is -2.11. The first-order valence-electron chi connectivity index (χ1n) is 10.3. The first-order chi connectivity index (χ1) is 14.4. The third kappa shape index (κ3) is 4.70. The molecule has 0 aliphatic carbocycles. The van der Waals surface area contributed by atoms with Crippen LogP contribution in [0.25, 0.3) is 21.9 Å². The van der Waals surface area contributed by atoms with E-state index in [-0.39, 0.29) is 38.7 Å². The van der Waals surface area contributed by atoms with Crippen molar-refractivity contribution in [3.05, 3.63) is 51.7 Å². The van der Waals surface area contributed by atoms with E-state index in [0.717, 1.165) is 19.3 Å². The Morgan fingerprint density at radius 1 is 0.967 bits per heavy atom. The van der Waals surface area contributed by atoms with Crippen molar-refractivity contribution in [1.82, 2.24) is 0 Å². The van der Waals surface area contributed by atoms with Crippen LogP contribution in [0.4, 0.5) is 0 Å². The Hall–Kier alpha value is -3.15. The molecule has 0 unspecified atom stereocenters. The molecule has 0 saturated heterocycles. The highest BCUT2D eigenvalue weighted by atomic mass is 16.5. The third-order valence-corrected chi connectivity index (χ3v) is 5.14. The van der Waals surface area contributed by atoms with Crippen LogP contribution in [0.15, 0.2) is 39.5 Å². The normalized spacial score (nSPS) is 11.1. The Balaban J connectivity index is 1.98. The standard InChI is InChI=1S/C24H26O6/c1-3-4-5-6-7-8-11-29-21-14-17(15(2)25)13-19-22(26)18-12-16(24(27)28)9-10-20(18)30-23(19)21/h9-10,12-14H,3-8,11H2,1-2H3,(H,27,28). The molecular formula is C24H26O6. The Morgan fingerprint density at radius 3 is 2.37 bits per heavy atom. The summed E-state index contributed by atoms with van der Waals surface area (Å²) < 4.78 is 11.8. The maximum absolute atomic E-state index is 13.0. The van der Waals surface area contributed by atoms with E-state index >= 15 is 0 Å². The van der Waals surface area contributed by atoms with Gasteiger partial charge in [0.15, 0.2) is 17.1 Å². The highest BCUT2D eigenvalue weighted by Gasteiger charge is 2.17. The molecule has 6 nitrogen and oxygen atoms in total. The summed E-state index contributed by atoms with van der Waals surface area (Å²) in [6, 6.07) is 7.23. The number of ether oxygens (including phenoxy) is 1. The van der Waals surface area contributed by atoms with Gasteiger partial charge in [0.25, 0.3) is 0 Å². The van der Waals surface area contributed by atoms with Crippen LogP contribution in [-0.2, 0) is 0 Å². The molecule has 3 rings (SSSR count). The SMILES string of the molecule is CCCCCCCCOc1cc(C(C)=O)cc2c(=O)c3cc(C(=O)O)ccc3oc12. The molecule has 0 bridgehead atoms. The number of carbonyl (C=O) groups excluding carboxylic acids is 1. The van der Waals surface area contributed by atoms with Crippen LogP contribution in [0, 0.1) is 0 Å². The number of fused-ring (bicyclic) bond motifs is 2. The van der Waals surface area contributed by atoms with Crippen molar-refractivity contribution in [2.24, 2.45) is 0 Å². The van der Waals surface area contributed by atoms with Crippen LogP contribution in [-0.4, -0.2) is 23.5 Å². The van der Waals surface area contributed by atoms with Gasteiger partial charge in [-0.2, -0.15) is 0 Å². The monoisotopic (exact) mass is 410 g/mol. The van der Waals surface area contributed by atoms with Gasteiger partial charge in [-0.1, -0.05) is 39.0 Å². The van der Waals surface area contributed by atoms with Crippen molar-refractivity contribution in [1.29, 1.82) is 0 Å². The summed E-state index contributed by atoms with van der Waals surface area (Å²) >= 11 is 0. The molecule has 3 aromatic rings. The third-order valence-electron chi connectivity index (χ3n) is 5.14. The molecule has 0 fully saturated rings. The second-order valence-corrected chi connectivity index (χ2v) is 7.47. The number of rotatable bonds is 10. The minimum Gasteiger partial charge on any atom is -0.490 e. The molecule has 0 radical (unpaired) electrons. The molecule has 2 aromatic carbocycles. The fraction of sp³-hybridized carbons (Fsp3) is 0.375. The van der Waals surface area contributed by atoms with E-state index in [1.54, 1.807) is 6.07 Å². The Kier molecular flexibility index (Phi) is 6.87. The maximum Gasteiger partial charge on any atom is 0.335 e. The van der Waals surface area contributed by atoms with Gasteiger partial charge in [0.1, 0.15) is 5.58 Å². The van der Waals surface area contributed by atoms with Crippen LogP contribution < -0.4 is 10.2 Å². The zero-order chi connectivity index (χ0) is 21.7. The van der Waals surface area contributed by atoms with Gasteiger partial charge >= 0.3 is 5.97 Å². The highest BCUT2D eigenvalue weighted by molar-refractivity contribution is 6.02. The lowest BCUT2D eigenvalue weighted by molar-refractivity contribution is 0.0697. The van der Waals surface area contributed by atoms with Gasteiger partial charge in [-0.05, 0) is 43.7 Å². The van der Waals surface area contributed by atoms with Crippen LogP contribution in [0.1, 0.15) is 73.1 Å². The summed E-state index contributed by atoms with van der Waals surface area (Å²) in [5.41, 5.74) is 0.504. The zero-order valence-corrected chi connectivity index (χ0v) is 17.3. The Bertz CT molecular complexity index is 1140. The number of Topliss-reactive ketones (excluding diaryl/α,β-unsaturated/α-hetero) is 1.